The maximum atomic E-state index is 3.49. The molecule has 1 nitrogen and oxygen atoms in total. The summed E-state index contributed by atoms with van der Waals surface area (Å²) in [5.74, 6) is 0. The van der Waals surface area contributed by atoms with Gasteiger partial charge in [-0.2, -0.15) is 0 Å². The van der Waals surface area contributed by atoms with Gasteiger partial charge in [0.15, 0.2) is 0 Å². The first kappa shape index (κ1) is 17.7. The van der Waals surface area contributed by atoms with Gasteiger partial charge >= 0.3 is 0 Å². The van der Waals surface area contributed by atoms with Crippen LogP contribution in [0.4, 0.5) is 0 Å². The molecule has 0 heterocycles. The Balaban J connectivity index is 2.14. The Hall–Kier alpha value is -0.340. The Morgan fingerprint density at radius 2 is 1.45 bits per heavy atom. The molecule has 0 aliphatic heterocycles. The molecule has 0 amide bonds. The third-order valence-corrected chi connectivity index (χ3v) is 4.50. The summed E-state index contributed by atoms with van der Waals surface area (Å²) in [6.07, 6.45) is 12.4. The zero-order valence-electron chi connectivity index (χ0n) is 13.1. The SMILES string of the molecule is CCCCCCCCCCC(NC)c1ccc(Br)cc1. The number of halogens is 1. The van der Waals surface area contributed by atoms with Crippen molar-refractivity contribution in [3.05, 3.63) is 34.3 Å². The van der Waals surface area contributed by atoms with Gasteiger partial charge in [0.05, 0.1) is 0 Å². The maximum absolute atomic E-state index is 3.49. The highest BCUT2D eigenvalue weighted by Gasteiger charge is 2.08. The first-order valence-electron chi connectivity index (χ1n) is 8.20. The normalized spacial score (nSPS) is 12.6. The molecule has 0 bridgehead atoms. The van der Waals surface area contributed by atoms with E-state index in [1.54, 1.807) is 0 Å². The third kappa shape index (κ3) is 7.44. The van der Waals surface area contributed by atoms with Gasteiger partial charge in [0.25, 0.3) is 0 Å². The molecule has 0 fully saturated rings. The van der Waals surface area contributed by atoms with Gasteiger partial charge in [-0.05, 0) is 31.2 Å². The van der Waals surface area contributed by atoms with E-state index in [9.17, 15) is 0 Å². The van der Waals surface area contributed by atoms with E-state index in [0.29, 0.717) is 6.04 Å². The molecule has 0 aliphatic carbocycles. The standard InChI is InChI=1S/C18H30BrN/c1-3-4-5-6-7-8-9-10-11-18(20-2)16-12-14-17(19)15-13-16/h12-15,18,20H,3-11H2,1-2H3. The number of nitrogens with one attached hydrogen (secondary N) is 1. The lowest BCUT2D eigenvalue weighted by Gasteiger charge is -2.16. The van der Waals surface area contributed by atoms with Crippen molar-refractivity contribution >= 4 is 15.9 Å². The van der Waals surface area contributed by atoms with Crippen molar-refractivity contribution in [2.24, 2.45) is 0 Å². The molecular weight excluding hydrogens is 310 g/mol. The molecule has 0 spiro atoms. The van der Waals surface area contributed by atoms with E-state index in [-0.39, 0.29) is 0 Å². The molecule has 1 N–H and O–H groups in total. The monoisotopic (exact) mass is 339 g/mol. The van der Waals surface area contributed by atoms with Crippen LogP contribution in [0.1, 0.15) is 76.3 Å². The van der Waals surface area contributed by atoms with E-state index < -0.39 is 0 Å². The van der Waals surface area contributed by atoms with Gasteiger partial charge in [-0.3, -0.25) is 0 Å². The topological polar surface area (TPSA) is 12.0 Å². The Morgan fingerprint density at radius 1 is 0.900 bits per heavy atom. The zero-order valence-corrected chi connectivity index (χ0v) is 14.7. The largest absolute Gasteiger partial charge is 0.313 e. The van der Waals surface area contributed by atoms with Crippen LogP contribution in [0.15, 0.2) is 28.7 Å². The van der Waals surface area contributed by atoms with Crippen LogP contribution in [0.2, 0.25) is 0 Å². The van der Waals surface area contributed by atoms with Crippen molar-refractivity contribution < 1.29 is 0 Å². The maximum Gasteiger partial charge on any atom is 0.0317 e. The molecule has 0 saturated carbocycles. The minimum Gasteiger partial charge on any atom is -0.313 e. The highest BCUT2D eigenvalue weighted by molar-refractivity contribution is 9.10. The van der Waals surface area contributed by atoms with Gasteiger partial charge in [0.1, 0.15) is 0 Å². The zero-order chi connectivity index (χ0) is 14.6. The Morgan fingerprint density at radius 3 is 2.00 bits per heavy atom. The fourth-order valence-electron chi connectivity index (χ4n) is 2.66. The van der Waals surface area contributed by atoms with Crippen LogP contribution in [-0.4, -0.2) is 7.05 Å². The molecule has 1 rings (SSSR count). The first-order valence-corrected chi connectivity index (χ1v) is 9.00. The Kier molecular flexibility index (Phi) is 10.0. The van der Waals surface area contributed by atoms with Gasteiger partial charge in [-0.1, -0.05) is 86.4 Å². The number of hydrogen-bond acceptors (Lipinski definition) is 1. The van der Waals surface area contributed by atoms with Gasteiger partial charge in [0, 0.05) is 10.5 Å². The summed E-state index contributed by atoms with van der Waals surface area (Å²) in [5, 5.41) is 3.44. The average molecular weight is 340 g/mol. The lowest BCUT2D eigenvalue weighted by Crippen LogP contribution is -2.16. The Labute approximate surface area is 133 Å². The Bertz CT molecular complexity index is 334. The molecule has 0 radical (unpaired) electrons. The molecule has 2 heteroatoms. The van der Waals surface area contributed by atoms with Crippen LogP contribution in [-0.2, 0) is 0 Å². The van der Waals surface area contributed by atoms with Gasteiger partial charge < -0.3 is 5.32 Å². The van der Waals surface area contributed by atoms with E-state index >= 15 is 0 Å². The van der Waals surface area contributed by atoms with Crippen LogP contribution in [0, 0.1) is 0 Å². The first-order chi connectivity index (χ1) is 9.77. The van der Waals surface area contributed by atoms with E-state index in [4.69, 9.17) is 0 Å². The van der Waals surface area contributed by atoms with Crippen molar-refractivity contribution in [2.45, 2.75) is 70.8 Å². The molecule has 0 aliphatic rings. The highest BCUT2D eigenvalue weighted by Crippen LogP contribution is 2.22. The van der Waals surface area contributed by atoms with Crippen LogP contribution in [0.3, 0.4) is 0 Å². The summed E-state index contributed by atoms with van der Waals surface area (Å²) in [4.78, 5) is 0. The predicted molar refractivity (Wildman–Crippen MR) is 93.2 cm³/mol. The number of unbranched alkanes of at least 4 members (excludes halogenated alkanes) is 7. The van der Waals surface area contributed by atoms with Crippen LogP contribution >= 0.6 is 15.9 Å². The molecule has 1 aromatic carbocycles. The molecule has 1 unspecified atom stereocenters. The minimum atomic E-state index is 0.503. The minimum absolute atomic E-state index is 0.503. The predicted octanol–water partition coefficient (Wildman–Crippen LogP) is 6.24. The highest BCUT2D eigenvalue weighted by atomic mass is 79.9. The van der Waals surface area contributed by atoms with Crippen LogP contribution in [0.25, 0.3) is 0 Å². The summed E-state index contributed by atoms with van der Waals surface area (Å²) < 4.78 is 1.16. The van der Waals surface area contributed by atoms with Gasteiger partial charge in [-0.25, -0.2) is 0 Å². The molecule has 114 valence electrons. The number of rotatable bonds is 11. The molecular formula is C18H30BrN. The molecule has 0 saturated heterocycles. The molecule has 1 aromatic rings. The summed E-state index contributed by atoms with van der Waals surface area (Å²) in [6, 6.07) is 9.20. The van der Waals surface area contributed by atoms with Crippen molar-refractivity contribution in [1.29, 1.82) is 0 Å². The summed E-state index contributed by atoms with van der Waals surface area (Å²) >= 11 is 3.49. The van der Waals surface area contributed by atoms with Gasteiger partial charge in [0.2, 0.25) is 0 Å². The smallest absolute Gasteiger partial charge is 0.0317 e. The second kappa shape index (κ2) is 11.3. The van der Waals surface area contributed by atoms with Crippen LogP contribution < -0.4 is 5.32 Å². The van der Waals surface area contributed by atoms with E-state index in [0.717, 1.165) is 4.47 Å². The van der Waals surface area contributed by atoms with E-state index in [2.05, 4.69) is 59.5 Å². The van der Waals surface area contributed by atoms with Crippen LogP contribution in [0.5, 0.6) is 0 Å². The van der Waals surface area contributed by atoms with Crippen molar-refractivity contribution in [3.8, 4) is 0 Å². The summed E-state index contributed by atoms with van der Waals surface area (Å²) in [7, 11) is 2.07. The molecule has 1 atom stereocenters. The average Bonchev–Trinajstić information content (AvgIpc) is 2.47. The number of hydrogen-bond donors (Lipinski definition) is 1. The molecule has 0 aromatic heterocycles. The van der Waals surface area contributed by atoms with Gasteiger partial charge in [-0.15, -0.1) is 0 Å². The van der Waals surface area contributed by atoms with Crippen molar-refractivity contribution in [3.63, 3.8) is 0 Å². The quantitative estimate of drug-likeness (QED) is 0.470. The number of benzene rings is 1. The van der Waals surface area contributed by atoms with Crippen molar-refractivity contribution in [1.82, 2.24) is 5.32 Å². The third-order valence-electron chi connectivity index (χ3n) is 3.97. The molecule has 20 heavy (non-hydrogen) atoms. The lowest BCUT2D eigenvalue weighted by atomic mass is 9.99. The van der Waals surface area contributed by atoms with E-state index in [1.165, 1.54) is 63.4 Å². The van der Waals surface area contributed by atoms with Crippen molar-refractivity contribution in [2.75, 3.05) is 7.05 Å². The lowest BCUT2D eigenvalue weighted by molar-refractivity contribution is 0.494. The summed E-state index contributed by atoms with van der Waals surface area (Å²) in [6.45, 7) is 2.28. The van der Waals surface area contributed by atoms with E-state index in [1.807, 2.05) is 0 Å². The second-order valence-corrected chi connectivity index (χ2v) is 6.57. The fourth-order valence-corrected chi connectivity index (χ4v) is 2.92. The summed E-state index contributed by atoms with van der Waals surface area (Å²) in [5.41, 5.74) is 1.40. The second-order valence-electron chi connectivity index (χ2n) is 5.66. The fraction of sp³-hybridized carbons (Fsp3) is 0.667.